The minimum Gasteiger partial charge on any atom is -0.444 e. The minimum absolute atomic E-state index is 0.0459. The van der Waals surface area contributed by atoms with E-state index in [1.165, 1.54) is 12.1 Å². The first kappa shape index (κ1) is 14.4. The number of oxazole rings is 1. The molecule has 3 aromatic rings. The second-order valence-corrected chi connectivity index (χ2v) is 5.43. The molecule has 0 unspecified atom stereocenters. The summed E-state index contributed by atoms with van der Waals surface area (Å²) >= 11 is 11.8. The van der Waals surface area contributed by atoms with Gasteiger partial charge in [-0.1, -0.05) is 11.6 Å². The van der Waals surface area contributed by atoms with E-state index in [0.29, 0.717) is 29.3 Å². The Kier molecular flexibility index (Phi) is 3.63. The zero-order valence-electron chi connectivity index (χ0n) is 11.5. The van der Waals surface area contributed by atoms with Gasteiger partial charge in [0.05, 0.1) is 27.6 Å². The standard InChI is InChI=1S/C14H12Cl2FN3O/c1-7-8(2)21-14(18-7)6-20-12-3-9(16)10(17)4-11(12)19-13(20)5-15/h3-4H,5-6H2,1-2H3. The van der Waals surface area contributed by atoms with Crippen molar-refractivity contribution in [2.75, 3.05) is 0 Å². The minimum atomic E-state index is -0.502. The highest BCUT2D eigenvalue weighted by atomic mass is 35.5. The fourth-order valence-corrected chi connectivity index (χ4v) is 2.55. The summed E-state index contributed by atoms with van der Waals surface area (Å²) in [5.41, 5.74) is 2.05. The summed E-state index contributed by atoms with van der Waals surface area (Å²) in [6, 6.07) is 2.84. The number of alkyl halides is 1. The number of rotatable bonds is 3. The van der Waals surface area contributed by atoms with Gasteiger partial charge in [-0.05, 0) is 19.9 Å². The average Bonchev–Trinajstić information content (AvgIpc) is 2.92. The van der Waals surface area contributed by atoms with E-state index in [9.17, 15) is 4.39 Å². The molecule has 0 spiro atoms. The predicted octanol–water partition coefficient (Wildman–Crippen LogP) is 4.22. The maximum atomic E-state index is 13.5. The lowest BCUT2D eigenvalue weighted by Gasteiger charge is -2.05. The van der Waals surface area contributed by atoms with Gasteiger partial charge in [-0.2, -0.15) is 0 Å². The second kappa shape index (κ2) is 5.31. The van der Waals surface area contributed by atoms with E-state index in [1.54, 1.807) is 0 Å². The van der Waals surface area contributed by atoms with Crippen molar-refractivity contribution in [1.29, 1.82) is 0 Å². The molecule has 0 atom stereocenters. The van der Waals surface area contributed by atoms with Crippen LogP contribution in [-0.4, -0.2) is 14.5 Å². The van der Waals surface area contributed by atoms with Crippen LogP contribution < -0.4 is 0 Å². The Balaban J connectivity index is 2.13. The monoisotopic (exact) mass is 327 g/mol. The molecule has 0 bridgehead atoms. The van der Waals surface area contributed by atoms with E-state index in [-0.39, 0.29) is 10.9 Å². The number of hydrogen-bond acceptors (Lipinski definition) is 3. The fraction of sp³-hybridized carbons (Fsp3) is 0.286. The molecule has 0 fully saturated rings. The van der Waals surface area contributed by atoms with Crippen LogP contribution in [0.25, 0.3) is 11.0 Å². The van der Waals surface area contributed by atoms with Crippen LogP contribution in [-0.2, 0) is 12.4 Å². The van der Waals surface area contributed by atoms with Crippen LogP contribution in [0.4, 0.5) is 4.39 Å². The Morgan fingerprint density at radius 1 is 1.29 bits per heavy atom. The van der Waals surface area contributed by atoms with Crippen LogP contribution in [0.5, 0.6) is 0 Å². The summed E-state index contributed by atoms with van der Waals surface area (Å²) in [7, 11) is 0. The van der Waals surface area contributed by atoms with Crippen molar-refractivity contribution in [3.05, 3.63) is 46.1 Å². The Hall–Kier alpha value is -1.59. The molecular formula is C14H12Cl2FN3O. The summed E-state index contributed by atoms with van der Waals surface area (Å²) < 4.78 is 20.9. The van der Waals surface area contributed by atoms with Crippen LogP contribution in [0.15, 0.2) is 16.5 Å². The number of imidazole rings is 1. The fourth-order valence-electron chi connectivity index (χ4n) is 2.19. The molecule has 2 aromatic heterocycles. The predicted molar refractivity (Wildman–Crippen MR) is 79.3 cm³/mol. The number of aryl methyl sites for hydroxylation is 2. The third-order valence-electron chi connectivity index (χ3n) is 3.36. The van der Waals surface area contributed by atoms with Crippen molar-refractivity contribution < 1.29 is 8.81 Å². The van der Waals surface area contributed by atoms with Crippen molar-refractivity contribution in [1.82, 2.24) is 14.5 Å². The molecule has 0 amide bonds. The summed E-state index contributed by atoms with van der Waals surface area (Å²) in [5.74, 6) is 1.63. The van der Waals surface area contributed by atoms with Gasteiger partial charge in [0.1, 0.15) is 23.9 Å². The molecule has 0 radical (unpaired) electrons. The molecule has 2 heterocycles. The van der Waals surface area contributed by atoms with Gasteiger partial charge in [0.25, 0.3) is 0 Å². The zero-order chi connectivity index (χ0) is 15.1. The molecular weight excluding hydrogens is 316 g/mol. The lowest BCUT2D eigenvalue weighted by atomic mass is 10.3. The zero-order valence-corrected chi connectivity index (χ0v) is 13.0. The van der Waals surface area contributed by atoms with E-state index in [1.807, 2.05) is 18.4 Å². The van der Waals surface area contributed by atoms with Crippen LogP contribution in [0, 0.1) is 19.7 Å². The van der Waals surface area contributed by atoms with Gasteiger partial charge in [-0.3, -0.25) is 0 Å². The quantitative estimate of drug-likeness (QED) is 0.676. The second-order valence-electron chi connectivity index (χ2n) is 4.75. The SMILES string of the molecule is Cc1nc(Cn2c(CCl)nc3cc(F)c(Cl)cc32)oc1C. The van der Waals surface area contributed by atoms with E-state index in [4.69, 9.17) is 27.6 Å². The van der Waals surface area contributed by atoms with Gasteiger partial charge >= 0.3 is 0 Å². The first-order valence-electron chi connectivity index (χ1n) is 6.32. The largest absolute Gasteiger partial charge is 0.444 e. The molecule has 21 heavy (non-hydrogen) atoms. The lowest BCUT2D eigenvalue weighted by Crippen LogP contribution is -2.04. The molecule has 4 nitrogen and oxygen atoms in total. The highest BCUT2D eigenvalue weighted by Crippen LogP contribution is 2.25. The topological polar surface area (TPSA) is 43.9 Å². The van der Waals surface area contributed by atoms with E-state index in [0.717, 1.165) is 11.5 Å². The number of aromatic nitrogens is 3. The number of benzene rings is 1. The van der Waals surface area contributed by atoms with Crippen molar-refractivity contribution in [3.8, 4) is 0 Å². The summed E-state index contributed by atoms with van der Waals surface area (Å²) in [5, 5.41) is 0.0459. The summed E-state index contributed by atoms with van der Waals surface area (Å²) in [6.07, 6.45) is 0. The average molecular weight is 328 g/mol. The van der Waals surface area contributed by atoms with Gasteiger partial charge in [0, 0.05) is 6.07 Å². The van der Waals surface area contributed by atoms with Gasteiger partial charge in [0.2, 0.25) is 5.89 Å². The third-order valence-corrected chi connectivity index (χ3v) is 3.88. The molecule has 0 saturated carbocycles. The molecule has 0 aliphatic heterocycles. The van der Waals surface area contributed by atoms with Crippen molar-refractivity contribution >= 4 is 34.2 Å². The van der Waals surface area contributed by atoms with Crippen LogP contribution in [0.2, 0.25) is 5.02 Å². The number of fused-ring (bicyclic) bond motifs is 1. The maximum Gasteiger partial charge on any atom is 0.214 e. The Bertz CT molecular complexity index is 806. The van der Waals surface area contributed by atoms with Gasteiger partial charge in [-0.25, -0.2) is 14.4 Å². The summed E-state index contributed by atoms with van der Waals surface area (Å²) in [6.45, 7) is 4.10. The molecule has 1 aromatic carbocycles. The van der Waals surface area contributed by atoms with Crippen molar-refractivity contribution in [2.45, 2.75) is 26.3 Å². The van der Waals surface area contributed by atoms with Crippen molar-refractivity contribution in [3.63, 3.8) is 0 Å². The molecule has 0 N–H and O–H groups in total. The highest BCUT2D eigenvalue weighted by molar-refractivity contribution is 6.31. The number of nitrogens with zero attached hydrogens (tertiary/aromatic N) is 3. The van der Waals surface area contributed by atoms with Crippen LogP contribution in [0.3, 0.4) is 0 Å². The number of halogens is 3. The first-order chi connectivity index (χ1) is 9.99. The highest BCUT2D eigenvalue weighted by Gasteiger charge is 2.15. The molecule has 0 aliphatic carbocycles. The lowest BCUT2D eigenvalue weighted by molar-refractivity contribution is 0.457. The van der Waals surface area contributed by atoms with Crippen molar-refractivity contribution in [2.24, 2.45) is 0 Å². The van der Waals surface area contributed by atoms with Crippen LogP contribution >= 0.6 is 23.2 Å². The molecule has 110 valence electrons. The van der Waals surface area contributed by atoms with Gasteiger partial charge < -0.3 is 8.98 Å². The van der Waals surface area contributed by atoms with E-state index in [2.05, 4.69) is 9.97 Å². The molecule has 0 aliphatic rings. The normalized spacial score (nSPS) is 11.5. The summed E-state index contributed by atoms with van der Waals surface area (Å²) in [4.78, 5) is 8.66. The molecule has 7 heteroatoms. The first-order valence-corrected chi connectivity index (χ1v) is 7.24. The smallest absolute Gasteiger partial charge is 0.214 e. The Morgan fingerprint density at radius 2 is 2.05 bits per heavy atom. The molecule has 3 rings (SSSR count). The number of hydrogen-bond donors (Lipinski definition) is 0. The Labute approximate surface area is 130 Å². The molecule has 0 saturated heterocycles. The van der Waals surface area contributed by atoms with E-state index < -0.39 is 5.82 Å². The Morgan fingerprint density at radius 3 is 2.67 bits per heavy atom. The maximum absolute atomic E-state index is 13.5. The van der Waals surface area contributed by atoms with Crippen LogP contribution in [0.1, 0.15) is 23.2 Å². The van der Waals surface area contributed by atoms with E-state index >= 15 is 0 Å². The third kappa shape index (κ3) is 2.51. The van der Waals surface area contributed by atoms with Gasteiger partial charge in [-0.15, -0.1) is 11.6 Å². The van der Waals surface area contributed by atoms with Gasteiger partial charge in [0.15, 0.2) is 0 Å².